The third-order valence-corrected chi connectivity index (χ3v) is 2.85. The van der Waals surface area contributed by atoms with E-state index in [0.29, 0.717) is 32.2 Å². The SMILES string of the molecule is COCCN(C(=O)CCN)C1CCOCC1. The van der Waals surface area contributed by atoms with Crippen molar-refractivity contribution in [1.82, 2.24) is 4.90 Å². The van der Waals surface area contributed by atoms with Crippen molar-refractivity contribution in [1.29, 1.82) is 0 Å². The minimum absolute atomic E-state index is 0.131. The maximum atomic E-state index is 11.9. The van der Waals surface area contributed by atoms with Crippen molar-refractivity contribution in [2.45, 2.75) is 25.3 Å². The topological polar surface area (TPSA) is 64.8 Å². The molecule has 0 aromatic heterocycles. The van der Waals surface area contributed by atoms with Crippen molar-refractivity contribution in [2.75, 3.05) is 40.0 Å². The quantitative estimate of drug-likeness (QED) is 0.697. The first kappa shape index (κ1) is 13.4. The van der Waals surface area contributed by atoms with Gasteiger partial charge in [0.05, 0.1) is 6.61 Å². The Hall–Kier alpha value is -0.650. The van der Waals surface area contributed by atoms with E-state index in [0.717, 1.165) is 26.1 Å². The summed E-state index contributed by atoms with van der Waals surface area (Å²) in [5.41, 5.74) is 5.42. The van der Waals surface area contributed by atoms with Crippen LogP contribution in [0.15, 0.2) is 0 Å². The lowest BCUT2D eigenvalue weighted by molar-refractivity contribution is -0.136. The molecule has 0 radical (unpaired) electrons. The highest BCUT2D eigenvalue weighted by Crippen LogP contribution is 2.15. The number of methoxy groups -OCH3 is 1. The van der Waals surface area contributed by atoms with Gasteiger partial charge in [-0.05, 0) is 12.8 Å². The Kier molecular flexibility index (Phi) is 6.37. The van der Waals surface area contributed by atoms with Gasteiger partial charge >= 0.3 is 0 Å². The summed E-state index contributed by atoms with van der Waals surface area (Å²) in [7, 11) is 1.65. The van der Waals surface area contributed by atoms with Crippen LogP contribution in [0.25, 0.3) is 0 Å². The van der Waals surface area contributed by atoms with E-state index in [4.69, 9.17) is 15.2 Å². The number of hydrogen-bond donors (Lipinski definition) is 1. The Balaban J connectivity index is 2.50. The molecule has 5 heteroatoms. The largest absolute Gasteiger partial charge is 0.383 e. The van der Waals surface area contributed by atoms with Crippen molar-refractivity contribution < 1.29 is 14.3 Å². The second-order valence-corrected chi connectivity index (χ2v) is 3.96. The van der Waals surface area contributed by atoms with Crippen LogP contribution in [0.3, 0.4) is 0 Å². The van der Waals surface area contributed by atoms with Crippen molar-refractivity contribution in [3.8, 4) is 0 Å². The van der Waals surface area contributed by atoms with Crippen LogP contribution in [0.5, 0.6) is 0 Å². The predicted octanol–water partition coefficient (Wildman–Crippen LogP) is -0.0108. The van der Waals surface area contributed by atoms with E-state index in [1.807, 2.05) is 4.90 Å². The van der Waals surface area contributed by atoms with Crippen LogP contribution in [0.2, 0.25) is 0 Å². The van der Waals surface area contributed by atoms with Crippen molar-refractivity contribution in [2.24, 2.45) is 5.73 Å². The molecule has 1 aliphatic heterocycles. The zero-order valence-electron chi connectivity index (χ0n) is 9.98. The van der Waals surface area contributed by atoms with Crippen LogP contribution < -0.4 is 5.73 Å². The summed E-state index contributed by atoms with van der Waals surface area (Å²) in [5, 5.41) is 0. The molecule has 16 heavy (non-hydrogen) atoms. The summed E-state index contributed by atoms with van der Waals surface area (Å²) in [5.74, 6) is 0.131. The molecule has 1 aliphatic rings. The zero-order valence-corrected chi connectivity index (χ0v) is 9.98. The molecule has 1 fully saturated rings. The van der Waals surface area contributed by atoms with Crippen LogP contribution in [-0.4, -0.2) is 56.9 Å². The molecule has 94 valence electrons. The summed E-state index contributed by atoms with van der Waals surface area (Å²) in [6.45, 7) is 3.12. The van der Waals surface area contributed by atoms with E-state index in [1.54, 1.807) is 7.11 Å². The number of amides is 1. The van der Waals surface area contributed by atoms with E-state index in [1.165, 1.54) is 0 Å². The molecule has 0 aromatic carbocycles. The molecule has 0 unspecified atom stereocenters. The minimum atomic E-state index is 0.131. The van der Waals surface area contributed by atoms with Gasteiger partial charge in [0.25, 0.3) is 0 Å². The Morgan fingerprint density at radius 2 is 2.19 bits per heavy atom. The molecule has 0 atom stereocenters. The number of carbonyl (C=O) groups excluding carboxylic acids is 1. The third-order valence-electron chi connectivity index (χ3n) is 2.85. The first-order valence-corrected chi connectivity index (χ1v) is 5.85. The van der Waals surface area contributed by atoms with Gasteiger partial charge in [-0.3, -0.25) is 4.79 Å². The van der Waals surface area contributed by atoms with Gasteiger partial charge in [0.1, 0.15) is 0 Å². The number of hydrogen-bond acceptors (Lipinski definition) is 4. The molecule has 5 nitrogen and oxygen atoms in total. The van der Waals surface area contributed by atoms with E-state index in [-0.39, 0.29) is 5.91 Å². The van der Waals surface area contributed by atoms with Gasteiger partial charge in [-0.15, -0.1) is 0 Å². The average molecular weight is 230 g/mol. The molecule has 0 aliphatic carbocycles. The van der Waals surface area contributed by atoms with Crippen molar-refractivity contribution in [3.05, 3.63) is 0 Å². The minimum Gasteiger partial charge on any atom is -0.383 e. The normalized spacial score (nSPS) is 17.4. The highest BCUT2D eigenvalue weighted by Gasteiger charge is 2.24. The van der Waals surface area contributed by atoms with Crippen LogP contribution in [0.4, 0.5) is 0 Å². The van der Waals surface area contributed by atoms with Gasteiger partial charge in [-0.2, -0.15) is 0 Å². The number of rotatable bonds is 6. The molecule has 0 aromatic rings. The monoisotopic (exact) mass is 230 g/mol. The van der Waals surface area contributed by atoms with Gasteiger partial charge in [-0.25, -0.2) is 0 Å². The molecule has 0 spiro atoms. The standard InChI is InChI=1S/C11H22N2O3/c1-15-9-6-13(11(14)2-5-12)10-3-7-16-8-4-10/h10H,2-9,12H2,1H3. The molecule has 0 saturated carbocycles. The molecule has 1 amide bonds. The molecular weight excluding hydrogens is 208 g/mol. The summed E-state index contributed by atoms with van der Waals surface area (Å²) in [6.07, 6.45) is 2.25. The van der Waals surface area contributed by atoms with E-state index >= 15 is 0 Å². The zero-order chi connectivity index (χ0) is 11.8. The van der Waals surface area contributed by atoms with Crippen LogP contribution in [0, 0.1) is 0 Å². The molecule has 1 heterocycles. The molecular formula is C11H22N2O3. The van der Waals surface area contributed by atoms with Crippen molar-refractivity contribution in [3.63, 3.8) is 0 Å². The second kappa shape index (κ2) is 7.60. The van der Waals surface area contributed by atoms with Gasteiger partial charge in [0.15, 0.2) is 0 Å². The lowest BCUT2D eigenvalue weighted by Crippen LogP contribution is -2.45. The average Bonchev–Trinajstić information content (AvgIpc) is 2.31. The van der Waals surface area contributed by atoms with Gasteiger partial charge in [0, 0.05) is 45.9 Å². The highest BCUT2D eigenvalue weighted by molar-refractivity contribution is 5.76. The molecule has 1 saturated heterocycles. The fraction of sp³-hybridized carbons (Fsp3) is 0.909. The summed E-state index contributed by atoms with van der Waals surface area (Å²) in [4.78, 5) is 13.8. The summed E-state index contributed by atoms with van der Waals surface area (Å²) >= 11 is 0. The Bertz CT molecular complexity index is 205. The predicted molar refractivity (Wildman–Crippen MR) is 61.1 cm³/mol. The fourth-order valence-corrected chi connectivity index (χ4v) is 1.96. The van der Waals surface area contributed by atoms with Crippen LogP contribution >= 0.6 is 0 Å². The van der Waals surface area contributed by atoms with Gasteiger partial charge in [-0.1, -0.05) is 0 Å². The van der Waals surface area contributed by atoms with Crippen LogP contribution in [-0.2, 0) is 14.3 Å². The Morgan fingerprint density at radius 1 is 1.50 bits per heavy atom. The number of nitrogens with zero attached hydrogens (tertiary/aromatic N) is 1. The number of ether oxygens (including phenoxy) is 2. The van der Waals surface area contributed by atoms with E-state index < -0.39 is 0 Å². The van der Waals surface area contributed by atoms with Crippen LogP contribution in [0.1, 0.15) is 19.3 Å². The molecule has 1 rings (SSSR count). The maximum Gasteiger partial charge on any atom is 0.224 e. The van der Waals surface area contributed by atoms with E-state index in [2.05, 4.69) is 0 Å². The molecule has 0 bridgehead atoms. The Labute approximate surface area is 96.9 Å². The fourth-order valence-electron chi connectivity index (χ4n) is 1.96. The van der Waals surface area contributed by atoms with Gasteiger partial charge in [0.2, 0.25) is 5.91 Å². The first-order valence-electron chi connectivity index (χ1n) is 5.85. The lowest BCUT2D eigenvalue weighted by atomic mass is 10.1. The second-order valence-electron chi connectivity index (χ2n) is 3.96. The van der Waals surface area contributed by atoms with Gasteiger partial charge < -0.3 is 20.1 Å². The lowest BCUT2D eigenvalue weighted by Gasteiger charge is -2.34. The third kappa shape index (κ3) is 4.08. The smallest absolute Gasteiger partial charge is 0.224 e. The molecule has 2 N–H and O–H groups in total. The summed E-state index contributed by atoms with van der Waals surface area (Å²) in [6, 6.07) is 0.294. The highest BCUT2D eigenvalue weighted by atomic mass is 16.5. The van der Waals surface area contributed by atoms with Crippen molar-refractivity contribution >= 4 is 5.91 Å². The number of carbonyl (C=O) groups is 1. The number of nitrogens with two attached hydrogens (primary N) is 1. The summed E-state index contributed by atoms with van der Waals surface area (Å²) < 4.78 is 10.3. The Morgan fingerprint density at radius 3 is 2.75 bits per heavy atom. The van der Waals surface area contributed by atoms with E-state index in [9.17, 15) is 4.79 Å². The maximum absolute atomic E-state index is 11.9. The first-order chi connectivity index (χ1) is 7.79.